The van der Waals surface area contributed by atoms with Crippen LogP contribution < -0.4 is 14.8 Å². The number of aryl methyl sites for hydroxylation is 1. The number of carbonyl (C=O) groups excluding carboxylic acids is 1. The molecule has 3 rings (SSSR count). The van der Waals surface area contributed by atoms with E-state index in [1.807, 2.05) is 32.9 Å². The van der Waals surface area contributed by atoms with Crippen LogP contribution in [0, 0.1) is 6.92 Å². The summed E-state index contributed by atoms with van der Waals surface area (Å²) in [4.78, 5) is 12.7. The summed E-state index contributed by atoms with van der Waals surface area (Å²) < 4.78 is 11.8. The topological polar surface area (TPSA) is 47.6 Å². The number of benzene rings is 2. The Kier molecular flexibility index (Phi) is 5.15. The van der Waals surface area contributed by atoms with Crippen LogP contribution >= 0.6 is 11.6 Å². The van der Waals surface area contributed by atoms with Gasteiger partial charge in [-0.1, -0.05) is 35.4 Å². The largest absolute Gasteiger partial charge is 0.487 e. The molecule has 0 radical (unpaired) electrons. The van der Waals surface area contributed by atoms with Gasteiger partial charge in [-0.05, 0) is 52.0 Å². The van der Waals surface area contributed by atoms with Crippen molar-refractivity contribution in [3.8, 4) is 11.5 Å². The summed E-state index contributed by atoms with van der Waals surface area (Å²) in [5, 5.41) is 3.69. The van der Waals surface area contributed by atoms with Gasteiger partial charge in [0.1, 0.15) is 17.1 Å². The molecule has 0 spiro atoms. The van der Waals surface area contributed by atoms with E-state index in [4.69, 9.17) is 21.1 Å². The van der Waals surface area contributed by atoms with Crippen LogP contribution in [-0.4, -0.2) is 17.6 Å². The van der Waals surface area contributed by atoms with Crippen molar-refractivity contribution >= 4 is 17.5 Å². The molecule has 0 fully saturated rings. The molecule has 1 aliphatic rings. The molecule has 138 valence electrons. The highest BCUT2D eigenvalue weighted by molar-refractivity contribution is 6.30. The fourth-order valence-electron chi connectivity index (χ4n) is 3.19. The third kappa shape index (κ3) is 4.31. The Hall–Kier alpha value is -2.20. The number of nitrogens with one attached hydrogen (secondary N) is 1. The third-order valence-corrected chi connectivity index (χ3v) is 4.65. The van der Waals surface area contributed by atoms with E-state index in [2.05, 4.69) is 11.4 Å². The van der Waals surface area contributed by atoms with Gasteiger partial charge in [-0.3, -0.25) is 4.79 Å². The SMILES string of the molecule is Cc1ccc2c(c1)[C@@H](NC(=O)[C@H](C)Oc1cccc(Cl)c1)CC(C)(C)O2. The molecule has 0 unspecified atom stereocenters. The van der Waals surface area contributed by atoms with Gasteiger partial charge >= 0.3 is 0 Å². The van der Waals surface area contributed by atoms with Crippen molar-refractivity contribution in [3.05, 3.63) is 58.6 Å². The van der Waals surface area contributed by atoms with Gasteiger partial charge in [-0.2, -0.15) is 0 Å². The molecule has 0 aliphatic carbocycles. The maximum Gasteiger partial charge on any atom is 0.261 e. The molecule has 1 N–H and O–H groups in total. The van der Waals surface area contributed by atoms with E-state index < -0.39 is 6.10 Å². The van der Waals surface area contributed by atoms with E-state index in [9.17, 15) is 4.79 Å². The molecule has 1 heterocycles. The number of hydrogen-bond donors (Lipinski definition) is 1. The first-order chi connectivity index (χ1) is 12.2. The second-order valence-electron chi connectivity index (χ2n) is 7.39. The summed E-state index contributed by atoms with van der Waals surface area (Å²) in [6.45, 7) is 7.82. The lowest BCUT2D eigenvalue weighted by Gasteiger charge is -2.38. The fraction of sp³-hybridized carbons (Fsp3) is 0.381. The zero-order chi connectivity index (χ0) is 18.9. The maximum atomic E-state index is 12.7. The molecule has 4 nitrogen and oxygen atoms in total. The van der Waals surface area contributed by atoms with Gasteiger partial charge in [0.25, 0.3) is 5.91 Å². The van der Waals surface area contributed by atoms with Gasteiger partial charge < -0.3 is 14.8 Å². The van der Waals surface area contributed by atoms with E-state index >= 15 is 0 Å². The molecular weight excluding hydrogens is 350 g/mol. The molecule has 1 aliphatic heterocycles. The van der Waals surface area contributed by atoms with Crippen molar-refractivity contribution in [3.63, 3.8) is 0 Å². The van der Waals surface area contributed by atoms with Crippen LogP contribution in [0.5, 0.6) is 11.5 Å². The minimum Gasteiger partial charge on any atom is -0.487 e. The van der Waals surface area contributed by atoms with E-state index in [0.29, 0.717) is 17.2 Å². The molecule has 2 atom stereocenters. The Bertz CT molecular complexity index is 819. The normalized spacial score (nSPS) is 19.0. The van der Waals surface area contributed by atoms with E-state index in [0.717, 1.165) is 16.9 Å². The Balaban J connectivity index is 1.75. The van der Waals surface area contributed by atoms with Crippen molar-refractivity contribution in [2.45, 2.75) is 51.9 Å². The van der Waals surface area contributed by atoms with Crippen molar-refractivity contribution in [2.75, 3.05) is 0 Å². The number of hydrogen-bond acceptors (Lipinski definition) is 3. The Morgan fingerprint density at radius 2 is 2.08 bits per heavy atom. The molecule has 0 bridgehead atoms. The van der Waals surface area contributed by atoms with Crippen LogP contribution in [0.2, 0.25) is 5.02 Å². The second-order valence-corrected chi connectivity index (χ2v) is 7.82. The van der Waals surface area contributed by atoms with Crippen molar-refractivity contribution in [1.82, 2.24) is 5.32 Å². The maximum absolute atomic E-state index is 12.7. The Morgan fingerprint density at radius 1 is 1.31 bits per heavy atom. The molecule has 1 amide bonds. The molecular formula is C21H24ClNO3. The first-order valence-corrected chi connectivity index (χ1v) is 9.13. The van der Waals surface area contributed by atoms with Gasteiger partial charge in [-0.25, -0.2) is 0 Å². The predicted molar refractivity (Wildman–Crippen MR) is 103 cm³/mol. The number of carbonyl (C=O) groups is 1. The highest BCUT2D eigenvalue weighted by Crippen LogP contribution is 2.39. The highest BCUT2D eigenvalue weighted by atomic mass is 35.5. The lowest BCUT2D eigenvalue weighted by molar-refractivity contribution is -0.128. The lowest BCUT2D eigenvalue weighted by atomic mass is 9.89. The average Bonchev–Trinajstić information content (AvgIpc) is 2.54. The van der Waals surface area contributed by atoms with Crippen LogP contribution in [0.25, 0.3) is 0 Å². The van der Waals surface area contributed by atoms with Gasteiger partial charge in [0.2, 0.25) is 0 Å². The zero-order valence-corrected chi connectivity index (χ0v) is 16.3. The Morgan fingerprint density at radius 3 is 2.81 bits per heavy atom. The molecule has 5 heteroatoms. The quantitative estimate of drug-likeness (QED) is 0.834. The van der Waals surface area contributed by atoms with Gasteiger partial charge in [-0.15, -0.1) is 0 Å². The monoisotopic (exact) mass is 373 g/mol. The molecule has 0 aromatic heterocycles. The minimum absolute atomic E-state index is 0.119. The molecule has 2 aromatic rings. The van der Waals surface area contributed by atoms with Crippen LogP contribution in [-0.2, 0) is 4.79 Å². The van der Waals surface area contributed by atoms with E-state index in [1.54, 1.807) is 31.2 Å². The van der Waals surface area contributed by atoms with Crippen LogP contribution in [0.4, 0.5) is 0 Å². The van der Waals surface area contributed by atoms with Crippen LogP contribution in [0.3, 0.4) is 0 Å². The number of halogens is 1. The molecule has 2 aromatic carbocycles. The van der Waals surface area contributed by atoms with Crippen LogP contribution in [0.1, 0.15) is 44.4 Å². The van der Waals surface area contributed by atoms with Gasteiger partial charge in [0.05, 0.1) is 6.04 Å². The molecule has 0 saturated heterocycles. The number of fused-ring (bicyclic) bond motifs is 1. The van der Waals surface area contributed by atoms with E-state index in [-0.39, 0.29) is 17.6 Å². The zero-order valence-electron chi connectivity index (χ0n) is 15.5. The standard InChI is InChI=1S/C21H24ClNO3/c1-13-8-9-19-17(10-13)18(12-21(3,4)26-19)23-20(24)14(2)25-16-7-5-6-15(22)11-16/h5-11,14,18H,12H2,1-4H3,(H,23,24)/t14-,18-/m0/s1. The van der Waals surface area contributed by atoms with Crippen molar-refractivity contribution < 1.29 is 14.3 Å². The smallest absolute Gasteiger partial charge is 0.261 e. The number of amides is 1. The van der Waals surface area contributed by atoms with Crippen molar-refractivity contribution in [2.24, 2.45) is 0 Å². The summed E-state index contributed by atoms with van der Waals surface area (Å²) in [7, 11) is 0. The summed E-state index contributed by atoms with van der Waals surface area (Å²) in [6, 6.07) is 13.0. The first kappa shape index (κ1) is 18.6. The van der Waals surface area contributed by atoms with Crippen molar-refractivity contribution in [1.29, 1.82) is 0 Å². The lowest BCUT2D eigenvalue weighted by Crippen LogP contribution is -2.44. The summed E-state index contributed by atoms with van der Waals surface area (Å²) >= 11 is 5.97. The summed E-state index contributed by atoms with van der Waals surface area (Å²) in [6.07, 6.45) is 0.0618. The van der Waals surface area contributed by atoms with Crippen LogP contribution in [0.15, 0.2) is 42.5 Å². The molecule has 0 saturated carbocycles. The molecule has 26 heavy (non-hydrogen) atoms. The summed E-state index contributed by atoms with van der Waals surface area (Å²) in [5.74, 6) is 1.23. The second kappa shape index (κ2) is 7.20. The number of rotatable bonds is 4. The predicted octanol–water partition coefficient (Wildman–Crippen LogP) is 4.83. The van der Waals surface area contributed by atoms with Gasteiger partial charge in [0, 0.05) is 17.0 Å². The average molecular weight is 374 g/mol. The fourth-order valence-corrected chi connectivity index (χ4v) is 3.37. The third-order valence-electron chi connectivity index (χ3n) is 4.42. The van der Waals surface area contributed by atoms with Gasteiger partial charge in [0.15, 0.2) is 6.10 Å². The minimum atomic E-state index is -0.632. The number of ether oxygens (including phenoxy) is 2. The highest BCUT2D eigenvalue weighted by Gasteiger charge is 2.35. The summed E-state index contributed by atoms with van der Waals surface area (Å²) in [5.41, 5.74) is 1.79. The Labute approximate surface area is 159 Å². The van der Waals surface area contributed by atoms with E-state index in [1.165, 1.54) is 0 Å². The first-order valence-electron chi connectivity index (χ1n) is 8.76.